The van der Waals surface area contributed by atoms with Gasteiger partial charge in [-0.15, -0.1) is 0 Å². The number of carboxylic acids is 1. The smallest absolute Gasteiger partial charge is 0.0416 e. The minimum Gasteiger partial charge on any atom is -0.550 e. The van der Waals surface area contributed by atoms with Gasteiger partial charge in [0, 0.05) is 5.97 Å². The molecule has 0 aromatic carbocycles. The van der Waals surface area contributed by atoms with E-state index < -0.39 is 5.97 Å². The van der Waals surface area contributed by atoms with Gasteiger partial charge in [-0.1, -0.05) is 45.4 Å². The molecule has 1 atom stereocenters. The van der Waals surface area contributed by atoms with Crippen molar-refractivity contribution in [2.24, 2.45) is 11.8 Å². The molecule has 1 aliphatic carbocycles. The number of hydrogen-bond donors (Lipinski definition) is 0. The number of hydrogen-bond acceptors (Lipinski definition) is 2. The Hall–Kier alpha value is -0.530. The van der Waals surface area contributed by atoms with Gasteiger partial charge in [0.15, 0.2) is 0 Å². The first kappa shape index (κ1) is 10.6. The van der Waals surface area contributed by atoms with Crippen LogP contribution < -0.4 is 5.11 Å². The van der Waals surface area contributed by atoms with E-state index in [-0.39, 0.29) is 6.42 Å². The lowest BCUT2D eigenvalue weighted by molar-refractivity contribution is -0.306. The molecule has 0 aliphatic heterocycles. The number of carbonyl (C=O) groups excluding carboxylic acids is 1. The monoisotopic (exact) mass is 183 g/mol. The van der Waals surface area contributed by atoms with Gasteiger partial charge in [0.25, 0.3) is 0 Å². The van der Waals surface area contributed by atoms with Crippen molar-refractivity contribution in [2.45, 2.75) is 51.9 Å². The van der Waals surface area contributed by atoms with Gasteiger partial charge < -0.3 is 9.90 Å². The van der Waals surface area contributed by atoms with E-state index in [0.717, 1.165) is 12.3 Å². The molecule has 1 fully saturated rings. The van der Waals surface area contributed by atoms with Gasteiger partial charge in [-0.25, -0.2) is 0 Å². The molecule has 0 aromatic rings. The minimum absolute atomic E-state index is 0.229. The molecule has 0 N–H and O–H groups in total. The summed E-state index contributed by atoms with van der Waals surface area (Å²) in [5, 5.41) is 10.3. The van der Waals surface area contributed by atoms with Crippen molar-refractivity contribution >= 4 is 5.97 Å². The summed E-state index contributed by atoms with van der Waals surface area (Å²) >= 11 is 0. The third kappa shape index (κ3) is 4.30. The fourth-order valence-electron chi connectivity index (χ4n) is 2.21. The van der Waals surface area contributed by atoms with Crippen LogP contribution in [0, 0.1) is 11.8 Å². The lowest BCUT2D eigenvalue weighted by Gasteiger charge is -2.14. The summed E-state index contributed by atoms with van der Waals surface area (Å²) in [6, 6.07) is 0. The Morgan fingerprint density at radius 2 is 2.08 bits per heavy atom. The molecule has 0 bridgehead atoms. The average molecular weight is 183 g/mol. The molecule has 76 valence electrons. The first-order valence-electron chi connectivity index (χ1n) is 5.38. The van der Waals surface area contributed by atoms with Crippen LogP contribution in [-0.4, -0.2) is 5.97 Å². The summed E-state index contributed by atoms with van der Waals surface area (Å²) in [4.78, 5) is 10.3. The van der Waals surface area contributed by atoms with E-state index in [1.807, 2.05) is 6.92 Å². The summed E-state index contributed by atoms with van der Waals surface area (Å²) in [5.41, 5.74) is 0. The summed E-state index contributed by atoms with van der Waals surface area (Å²) in [5.74, 6) is 0.272. The Morgan fingerprint density at radius 3 is 2.62 bits per heavy atom. The Morgan fingerprint density at radius 1 is 1.46 bits per heavy atom. The zero-order valence-corrected chi connectivity index (χ0v) is 8.42. The maximum atomic E-state index is 10.3. The van der Waals surface area contributed by atoms with E-state index in [0.29, 0.717) is 5.92 Å². The predicted octanol–water partition coefficient (Wildman–Crippen LogP) is 1.73. The van der Waals surface area contributed by atoms with Gasteiger partial charge in [-0.05, 0) is 18.3 Å². The van der Waals surface area contributed by atoms with Crippen molar-refractivity contribution in [3.63, 3.8) is 0 Å². The van der Waals surface area contributed by atoms with Crippen molar-refractivity contribution in [1.29, 1.82) is 0 Å². The van der Waals surface area contributed by atoms with E-state index in [9.17, 15) is 9.90 Å². The molecule has 0 radical (unpaired) electrons. The van der Waals surface area contributed by atoms with Crippen LogP contribution >= 0.6 is 0 Å². The first-order valence-corrected chi connectivity index (χ1v) is 5.38. The van der Waals surface area contributed by atoms with Crippen molar-refractivity contribution < 1.29 is 9.90 Å². The second kappa shape index (κ2) is 5.25. The zero-order valence-electron chi connectivity index (χ0n) is 8.42. The average Bonchev–Trinajstić information content (AvgIpc) is 2.51. The molecular weight excluding hydrogens is 164 g/mol. The number of aliphatic carboxylic acids is 1. The molecule has 1 rings (SSSR count). The maximum absolute atomic E-state index is 10.3. The van der Waals surface area contributed by atoms with Crippen LogP contribution in [0.5, 0.6) is 0 Å². The van der Waals surface area contributed by atoms with Crippen LogP contribution in [0.1, 0.15) is 51.9 Å². The molecule has 1 saturated carbocycles. The Kier molecular flexibility index (Phi) is 4.26. The van der Waals surface area contributed by atoms with Crippen LogP contribution in [0.4, 0.5) is 0 Å². The largest absolute Gasteiger partial charge is 0.550 e. The molecule has 0 heterocycles. The summed E-state index contributed by atoms with van der Waals surface area (Å²) in [6.45, 7) is 2.00. The van der Waals surface area contributed by atoms with Gasteiger partial charge >= 0.3 is 0 Å². The standard InChI is InChI=1S/C11H20O2/c1-9(8-11(12)13)6-7-10-4-2-3-5-10/h9-10H,2-8H2,1H3,(H,12,13)/p-1. The Balaban J connectivity index is 2.06. The molecule has 1 aliphatic rings. The van der Waals surface area contributed by atoms with Gasteiger partial charge in [-0.2, -0.15) is 0 Å². The van der Waals surface area contributed by atoms with Crippen LogP contribution in [0.2, 0.25) is 0 Å². The molecular formula is C11H19O2-. The molecule has 0 amide bonds. The van der Waals surface area contributed by atoms with Crippen molar-refractivity contribution in [2.75, 3.05) is 0 Å². The summed E-state index contributed by atoms with van der Waals surface area (Å²) in [7, 11) is 0. The highest BCUT2D eigenvalue weighted by Crippen LogP contribution is 2.30. The number of carbonyl (C=O) groups is 1. The highest BCUT2D eigenvalue weighted by atomic mass is 16.4. The number of carboxylic acid groups (broad SMARTS) is 1. The SMILES string of the molecule is CC(CCC1CCCC1)CC(=O)[O-]. The van der Waals surface area contributed by atoms with E-state index in [1.54, 1.807) is 0 Å². The minimum atomic E-state index is -0.904. The van der Waals surface area contributed by atoms with E-state index in [2.05, 4.69) is 0 Å². The zero-order chi connectivity index (χ0) is 9.68. The second-order valence-corrected chi connectivity index (χ2v) is 4.41. The summed E-state index contributed by atoms with van der Waals surface area (Å²) in [6.07, 6.45) is 7.97. The fourth-order valence-corrected chi connectivity index (χ4v) is 2.21. The lowest BCUT2D eigenvalue weighted by Crippen LogP contribution is -2.24. The Bertz CT molecular complexity index is 159. The van der Waals surface area contributed by atoms with Crippen molar-refractivity contribution in [3.8, 4) is 0 Å². The molecule has 0 spiro atoms. The highest BCUT2D eigenvalue weighted by Gasteiger charge is 2.15. The van der Waals surface area contributed by atoms with E-state index in [4.69, 9.17) is 0 Å². The molecule has 2 nitrogen and oxygen atoms in total. The van der Waals surface area contributed by atoms with E-state index in [1.165, 1.54) is 32.1 Å². The quantitative estimate of drug-likeness (QED) is 0.651. The van der Waals surface area contributed by atoms with Crippen molar-refractivity contribution in [3.05, 3.63) is 0 Å². The van der Waals surface area contributed by atoms with Gasteiger partial charge in [-0.3, -0.25) is 0 Å². The second-order valence-electron chi connectivity index (χ2n) is 4.41. The fraction of sp³-hybridized carbons (Fsp3) is 0.909. The molecule has 13 heavy (non-hydrogen) atoms. The molecule has 0 aromatic heterocycles. The van der Waals surface area contributed by atoms with Crippen molar-refractivity contribution in [1.82, 2.24) is 0 Å². The highest BCUT2D eigenvalue weighted by molar-refractivity contribution is 5.64. The molecule has 0 saturated heterocycles. The van der Waals surface area contributed by atoms with Crippen LogP contribution in [0.25, 0.3) is 0 Å². The third-order valence-electron chi connectivity index (χ3n) is 3.06. The van der Waals surface area contributed by atoms with Gasteiger partial charge in [0.1, 0.15) is 0 Å². The predicted molar refractivity (Wildman–Crippen MR) is 50.0 cm³/mol. The third-order valence-corrected chi connectivity index (χ3v) is 3.06. The lowest BCUT2D eigenvalue weighted by atomic mass is 9.94. The molecule has 2 heteroatoms. The van der Waals surface area contributed by atoms with Crippen LogP contribution in [0.15, 0.2) is 0 Å². The molecule has 1 unspecified atom stereocenters. The van der Waals surface area contributed by atoms with Gasteiger partial charge in [0.05, 0.1) is 0 Å². The first-order chi connectivity index (χ1) is 6.18. The number of rotatable bonds is 5. The Labute approximate surface area is 80.3 Å². The summed E-state index contributed by atoms with van der Waals surface area (Å²) < 4.78 is 0. The van der Waals surface area contributed by atoms with Crippen LogP contribution in [-0.2, 0) is 4.79 Å². The normalized spacial score (nSPS) is 20.4. The maximum Gasteiger partial charge on any atom is 0.0416 e. The topological polar surface area (TPSA) is 40.1 Å². The van der Waals surface area contributed by atoms with E-state index >= 15 is 0 Å². The van der Waals surface area contributed by atoms with Gasteiger partial charge in [0.2, 0.25) is 0 Å². The van der Waals surface area contributed by atoms with Crippen LogP contribution in [0.3, 0.4) is 0 Å².